The van der Waals surface area contributed by atoms with Crippen LogP contribution in [0.4, 0.5) is 0 Å². The first-order chi connectivity index (χ1) is 21.9. The lowest BCUT2D eigenvalue weighted by Gasteiger charge is -2.28. The van der Waals surface area contributed by atoms with E-state index in [4.69, 9.17) is 48.0 Å². The van der Waals surface area contributed by atoms with Crippen LogP contribution in [0.1, 0.15) is 90.0 Å². The van der Waals surface area contributed by atoms with Crippen LogP contribution in [-0.2, 0) is 61.7 Å². The minimum Gasteiger partial charge on any atom is -0.324 e. The zero-order valence-corrected chi connectivity index (χ0v) is 37.8. The van der Waals surface area contributed by atoms with E-state index in [2.05, 4.69) is 0 Å². The molecule has 0 heterocycles. The van der Waals surface area contributed by atoms with E-state index in [1.807, 2.05) is 55.4 Å². The van der Waals surface area contributed by atoms with Gasteiger partial charge in [-0.15, -0.1) is 0 Å². The first-order valence-corrected chi connectivity index (χ1v) is 28.3. The Kier molecular flexibility index (Phi) is 25.5. The lowest BCUT2D eigenvalue weighted by molar-refractivity contribution is 0.137. The molecule has 0 rings (SSSR count). The second-order valence-electron chi connectivity index (χ2n) is 13.4. The van der Waals surface area contributed by atoms with Crippen molar-refractivity contribution in [2.45, 2.75) is 114 Å². The minimum absolute atomic E-state index is 0.0817. The summed E-state index contributed by atoms with van der Waals surface area (Å²) in [6.07, 6.45) is -2.41. The van der Waals surface area contributed by atoms with E-state index in [9.17, 15) is 18.6 Å². The third-order valence-corrected chi connectivity index (χ3v) is 18.6. The highest BCUT2D eigenvalue weighted by Gasteiger charge is 2.36. The highest BCUT2D eigenvalue weighted by atomic mass is 32.7. The molecule has 20 heteroatoms. The molecule has 0 amide bonds. The van der Waals surface area contributed by atoms with Gasteiger partial charge in [0.1, 0.15) is 0 Å². The van der Waals surface area contributed by atoms with Crippen molar-refractivity contribution in [3.63, 3.8) is 0 Å². The maximum atomic E-state index is 14.3. The Balaban J connectivity index is 5.85. The van der Waals surface area contributed by atoms with E-state index in [-0.39, 0.29) is 73.5 Å². The normalized spacial score (nSPS) is 17.7. The molecular weight excluding hydrogens is 780 g/mol. The van der Waals surface area contributed by atoms with Crippen LogP contribution in [0.5, 0.6) is 0 Å². The van der Waals surface area contributed by atoms with Crippen LogP contribution < -0.4 is 0 Å². The van der Waals surface area contributed by atoms with Crippen LogP contribution in [0, 0.1) is 23.7 Å². The van der Waals surface area contributed by atoms with Gasteiger partial charge < -0.3 is 32.0 Å². The number of hydrogen-bond donors (Lipinski definition) is 1. The molecule has 0 aromatic carbocycles. The summed E-state index contributed by atoms with van der Waals surface area (Å²) < 4.78 is 87.0. The standard InChI is InChI=1S/C28H62O12P4S4/c1-21(2)14-33-42(30,34-15-22(3)4)46-19-27(12)39-44(32,48-18-26(11)38-41(29,45)37-25(9)10)40-28(13)20-47-43(31,35-16-23(5)6)36-17-24(7)8/h21-28H,14-20H2,1-13H3,(H,29,45). The lowest BCUT2D eigenvalue weighted by Crippen LogP contribution is -2.17. The molecule has 48 heavy (non-hydrogen) atoms. The first kappa shape index (κ1) is 50.0. The quantitative estimate of drug-likeness (QED) is 0.0712. The average Bonchev–Trinajstić information content (AvgIpc) is 2.93. The van der Waals surface area contributed by atoms with E-state index in [0.29, 0.717) is 0 Å². The van der Waals surface area contributed by atoms with Gasteiger partial charge in [0, 0.05) is 17.3 Å². The van der Waals surface area contributed by atoms with Crippen LogP contribution >= 0.6 is 61.3 Å². The molecular formula is C28H62O12P4S4. The van der Waals surface area contributed by atoms with Crippen LogP contribution in [0.2, 0.25) is 0 Å². The molecule has 0 aromatic heterocycles. The molecule has 0 aliphatic rings. The summed E-state index contributed by atoms with van der Waals surface area (Å²) in [5, 5.41) is 0. The second kappa shape index (κ2) is 24.4. The van der Waals surface area contributed by atoms with Crippen molar-refractivity contribution in [1.82, 2.24) is 0 Å². The van der Waals surface area contributed by atoms with Crippen LogP contribution in [0.3, 0.4) is 0 Å². The van der Waals surface area contributed by atoms with Crippen molar-refractivity contribution in [3.8, 4) is 0 Å². The van der Waals surface area contributed by atoms with E-state index in [0.717, 1.165) is 34.1 Å². The van der Waals surface area contributed by atoms with Crippen LogP contribution in [0.15, 0.2) is 0 Å². The molecule has 4 atom stereocenters. The van der Waals surface area contributed by atoms with Crippen molar-refractivity contribution in [2.24, 2.45) is 23.7 Å². The molecule has 0 aromatic rings. The van der Waals surface area contributed by atoms with Crippen molar-refractivity contribution in [1.29, 1.82) is 0 Å². The predicted molar refractivity (Wildman–Crippen MR) is 208 cm³/mol. The van der Waals surface area contributed by atoms with Gasteiger partial charge in [-0.05, 0) is 104 Å². The highest BCUT2D eigenvalue weighted by Crippen LogP contribution is 2.66. The Morgan fingerprint density at radius 2 is 0.750 bits per heavy atom. The fourth-order valence-electron chi connectivity index (χ4n) is 2.91. The lowest BCUT2D eigenvalue weighted by atomic mass is 10.2. The Hall–Kier alpha value is 2.03. The highest BCUT2D eigenvalue weighted by molar-refractivity contribution is 8.56. The van der Waals surface area contributed by atoms with Gasteiger partial charge in [-0.1, -0.05) is 55.4 Å². The van der Waals surface area contributed by atoms with E-state index in [1.54, 1.807) is 34.6 Å². The molecule has 0 spiro atoms. The van der Waals surface area contributed by atoms with Crippen molar-refractivity contribution in [2.75, 3.05) is 43.7 Å². The zero-order chi connectivity index (χ0) is 37.3. The topological polar surface area (TPSA) is 145 Å². The Morgan fingerprint density at radius 1 is 0.479 bits per heavy atom. The van der Waals surface area contributed by atoms with Gasteiger partial charge in [-0.3, -0.25) is 9.05 Å². The summed E-state index contributed by atoms with van der Waals surface area (Å²) in [7, 11) is 0. The second-order valence-corrected chi connectivity index (χ2v) is 28.4. The minimum atomic E-state index is -3.94. The van der Waals surface area contributed by atoms with Gasteiger partial charge in [0.15, 0.2) is 0 Å². The molecule has 0 bridgehead atoms. The summed E-state index contributed by atoms with van der Waals surface area (Å²) in [5.74, 6) is 0.936. The smallest absolute Gasteiger partial charge is 0.324 e. The van der Waals surface area contributed by atoms with Crippen LogP contribution in [-0.4, -0.2) is 73.0 Å². The molecule has 0 aliphatic carbocycles. The van der Waals surface area contributed by atoms with E-state index in [1.165, 1.54) is 0 Å². The van der Waals surface area contributed by atoms with E-state index < -0.39 is 45.4 Å². The van der Waals surface area contributed by atoms with Gasteiger partial charge in [0.05, 0.1) is 50.8 Å². The molecule has 0 saturated carbocycles. The van der Waals surface area contributed by atoms with Crippen molar-refractivity contribution < 1.29 is 54.8 Å². The van der Waals surface area contributed by atoms with Crippen molar-refractivity contribution in [3.05, 3.63) is 0 Å². The largest absolute Gasteiger partial charge is 0.389 e. The molecule has 0 saturated heterocycles. The SMILES string of the molecule is CC(C)COP(=O)(OCC(C)C)SCC(C)OP(=O)(OC(C)CSP(=O)(OCC(C)C)OCC(C)C)SCC(C)OP(O)(=S)OC(C)C. The monoisotopic (exact) mass is 842 g/mol. The third kappa shape index (κ3) is 25.9. The summed E-state index contributed by atoms with van der Waals surface area (Å²) in [4.78, 5) is 10.4. The Morgan fingerprint density at radius 3 is 1.02 bits per heavy atom. The summed E-state index contributed by atoms with van der Waals surface area (Å²) >= 11 is 7.96. The third-order valence-electron chi connectivity index (χ3n) is 4.94. The maximum absolute atomic E-state index is 14.3. The van der Waals surface area contributed by atoms with Gasteiger partial charge >= 0.3 is 27.1 Å². The van der Waals surface area contributed by atoms with Gasteiger partial charge in [-0.2, -0.15) is 0 Å². The Labute approximate surface area is 308 Å². The fourth-order valence-corrected chi connectivity index (χ4v) is 16.6. The van der Waals surface area contributed by atoms with Gasteiger partial charge in [0.2, 0.25) is 0 Å². The fraction of sp³-hybridized carbons (Fsp3) is 1.00. The molecule has 0 aliphatic heterocycles. The summed E-state index contributed by atoms with van der Waals surface area (Å²) in [6, 6.07) is 0. The number of hydrogen-bond acceptors (Lipinski definition) is 15. The molecule has 0 fully saturated rings. The average molecular weight is 843 g/mol. The Bertz CT molecular complexity index is 993. The molecule has 0 radical (unpaired) electrons. The summed E-state index contributed by atoms with van der Waals surface area (Å²) in [5.41, 5.74) is 0. The molecule has 4 unspecified atom stereocenters. The molecule has 290 valence electrons. The zero-order valence-electron chi connectivity index (χ0n) is 30.9. The first-order valence-electron chi connectivity index (χ1n) is 16.3. The van der Waals surface area contributed by atoms with Crippen LogP contribution in [0.25, 0.3) is 0 Å². The van der Waals surface area contributed by atoms with Gasteiger partial charge in [-0.25, -0.2) is 13.7 Å². The summed E-state index contributed by atoms with van der Waals surface area (Å²) in [6.45, 7) is 10.6. The predicted octanol–water partition coefficient (Wildman–Crippen LogP) is 11.1. The van der Waals surface area contributed by atoms with Crippen molar-refractivity contribution >= 4 is 73.1 Å². The number of rotatable bonds is 29. The van der Waals surface area contributed by atoms with E-state index >= 15 is 0 Å². The van der Waals surface area contributed by atoms with Gasteiger partial charge in [0.25, 0.3) is 0 Å². The molecule has 1 N–H and O–H groups in total. The molecule has 12 nitrogen and oxygen atoms in total. The maximum Gasteiger partial charge on any atom is 0.389 e.